The predicted molar refractivity (Wildman–Crippen MR) is 143 cm³/mol. The van der Waals surface area contributed by atoms with Gasteiger partial charge in [-0.1, -0.05) is 42.0 Å². The third-order valence-electron chi connectivity index (χ3n) is 8.08. The van der Waals surface area contributed by atoms with E-state index in [1.54, 1.807) is 6.07 Å². The van der Waals surface area contributed by atoms with Crippen molar-refractivity contribution in [2.45, 2.75) is 70.4 Å². The van der Waals surface area contributed by atoms with Crippen molar-refractivity contribution in [3.8, 4) is 11.1 Å². The van der Waals surface area contributed by atoms with E-state index in [1.165, 1.54) is 13.0 Å². The van der Waals surface area contributed by atoms with Gasteiger partial charge in [0.25, 0.3) is 0 Å². The number of halogens is 1. The minimum Gasteiger partial charge on any atom is -0.391 e. The Morgan fingerprint density at radius 2 is 2.00 bits per heavy atom. The monoisotopic (exact) mass is 509 g/mol. The van der Waals surface area contributed by atoms with Gasteiger partial charge in [0.05, 0.1) is 6.10 Å². The number of aliphatic hydroxyl groups excluding tert-OH is 1. The molecule has 4 rings (SSSR count). The molecule has 2 aromatic rings. The Kier molecular flexibility index (Phi) is 8.98. The zero-order chi connectivity index (χ0) is 26.5. The fraction of sp³-hybridized carbons (Fsp3) is 0.533. The van der Waals surface area contributed by atoms with E-state index in [-0.39, 0.29) is 41.4 Å². The van der Waals surface area contributed by atoms with E-state index in [9.17, 15) is 14.7 Å². The standard InChI is InChI=1S/C30H40FN3O3/c1-19-7-3-8-21(15-19)29-25(10-4-12-26(29)31)24(11-5-13-33-20(2)35)22-9-6-14-34(18-22)30(37)23-16-27(32)28(36)17-23/h3-4,7-8,10,12,15,22-24,27-28,36H,5-6,9,11,13-14,16-18,32H2,1-2H3,(H,33,35)/t22?,23-,24?,27+,28-/m0/s1. The molecular formula is C30H40FN3O3. The van der Waals surface area contributed by atoms with Crippen LogP contribution in [-0.2, 0) is 9.59 Å². The first-order chi connectivity index (χ1) is 17.7. The molecule has 7 heteroatoms. The second-order valence-electron chi connectivity index (χ2n) is 10.9. The summed E-state index contributed by atoms with van der Waals surface area (Å²) in [5.41, 5.74) is 9.51. The van der Waals surface area contributed by atoms with Crippen LogP contribution >= 0.6 is 0 Å². The van der Waals surface area contributed by atoms with E-state index in [0.717, 1.165) is 42.4 Å². The van der Waals surface area contributed by atoms with Gasteiger partial charge in [-0.25, -0.2) is 4.39 Å². The first-order valence-electron chi connectivity index (χ1n) is 13.6. The number of likely N-dealkylation sites (tertiary alicyclic amines) is 1. The third kappa shape index (κ3) is 6.57. The highest BCUT2D eigenvalue weighted by Crippen LogP contribution is 2.41. The number of benzene rings is 2. The van der Waals surface area contributed by atoms with Crippen LogP contribution in [0.3, 0.4) is 0 Å². The Bertz CT molecular complexity index is 1100. The largest absolute Gasteiger partial charge is 0.391 e. The molecule has 2 fully saturated rings. The predicted octanol–water partition coefficient (Wildman–Crippen LogP) is 4.14. The second kappa shape index (κ2) is 12.2. The van der Waals surface area contributed by atoms with Gasteiger partial charge in [-0.2, -0.15) is 0 Å². The maximum absolute atomic E-state index is 15.4. The van der Waals surface area contributed by atoms with Crippen molar-refractivity contribution in [1.29, 1.82) is 0 Å². The van der Waals surface area contributed by atoms with Crippen LogP contribution in [0.5, 0.6) is 0 Å². The number of piperidine rings is 1. The summed E-state index contributed by atoms with van der Waals surface area (Å²) in [6.45, 7) is 5.38. The van der Waals surface area contributed by atoms with Gasteiger partial charge in [-0.05, 0) is 74.5 Å². The normalized spacial score (nSPS) is 24.6. The van der Waals surface area contributed by atoms with Gasteiger partial charge in [-0.15, -0.1) is 0 Å². The zero-order valence-corrected chi connectivity index (χ0v) is 22.0. The van der Waals surface area contributed by atoms with Gasteiger partial charge < -0.3 is 21.1 Å². The van der Waals surface area contributed by atoms with Gasteiger partial charge in [0, 0.05) is 44.1 Å². The summed E-state index contributed by atoms with van der Waals surface area (Å²) in [6.07, 6.45) is 3.69. The van der Waals surface area contributed by atoms with Gasteiger partial charge in [0.15, 0.2) is 0 Å². The van der Waals surface area contributed by atoms with E-state index >= 15 is 4.39 Å². The number of carbonyl (C=O) groups excluding carboxylic acids is 2. The molecule has 4 N–H and O–H groups in total. The number of aryl methyl sites for hydroxylation is 1. The van der Waals surface area contributed by atoms with Crippen LogP contribution < -0.4 is 11.1 Å². The van der Waals surface area contributed by atoms with Crippen LogP contribution in [0.4, 0.5) is 4.39 Å². The van der Waals surface area contributed by atoms with Gasteiger partial charge in [-0.3, -0.25) is 9.59 Å². The Balaban J connectivity index is 1.62. The molecule has 2 amide bonds. The highest BCUT2D eigenvalue weighted by molar-refractivity contribution is 5.79. The topological polar surface area (TPSA) is 95.7 Å². The van der Waals surface area contributed by atoms with Gasteiger partial charge >= 0.3 is 0 Å². The molecule has 6 nitrogen and oxygen atoms in total. The fourth-order valence-corrected chi connectivity index (χ4v) is 6.23. The number of rotatable bonds is 8. The Morgan fingerprint density at radius 3 is 2.70 bits per heavy atom. The minimum atomic E-state index is -0.625. The molecule has 0 spiro atoms. The number of hydrogen-bond acceptors (Lipinski definition) is 4. The van der Waals surface area contributed by atoms with Crippen molar-refractivity contribution in [3.05, 3.63) is 59.4 Å². The molecule has 37 heavy (non-hydrogen) atoms. The maximum atomic E-state index is 15.4. The molecule has 200 valence electrons. The summed E-state index contributed by atoms with van der Waals surface area (Å²) in [7, 11) is 0. The lowest BCUT2D eigenvalue weighted by Crippen LogP contribution is -2.44. The van der Waals surface area contributed by atoms with E-state index < -0.39 is 6.10 Å². The number of carbonyl (C=O) groups is 2. The van der Waals surface area contributed by atoms with Crippen molar-refractivity contribution < 1.29 is 19.1 Å². The molecule has 0 aromatic heterocycles. The van der Waals surface area contributed by atoms with Gasteiger partial charge in [0.1, 0.15) is 5.82 Å². The number of amides is 2. The molecule has 1 aliphatic heterocycles. The number of hydrogen-bond donors (Lipinski definition) is 3. The molecule has 1 aliphatic carbocycles. The van der Waals surface area contributed by atoms with Crippen molar-refractivity contribution in [3.63, 3.8) is 0 Å². The summed E-state index contributed by atoms with van der Waals surface area (Å²) in [5.74, 6) is -0.264. The average molecular weight is 510 g/mol. The van der Waals surface area contributed by atoms with Crippen LogP contribution in [-0.4, -0.2) is 53.6 Å². The van der Waals surface area contributed by atoms with Crippen LogP contribution in [0.25, 0.3) is 11.1 Å². The molecular weight excluding hydrogens is 469 g/mol. The van der Waals surface area contributed by atoms with E-state index in [4.69, 9.17) is 5.73 Å². The Morgan fingerprint density at radius 1 is 1.22 bits per heavy atom. The molecule has 1 saturated carbocycles. The smallest absolute Gasteiger partial charge is 0.225 e. The van der Waals surface area contributed by atoms with E-state index in [2.05, 4.69) is 5.32 Å². The first-order valence-corrected chi connectivity index (χ1v) is 13.6. The summed E-state index contributed by atoms with van der Waals surface area (Å²) in [6, 6.07) is 12.9. The molecule has 2 aliphatic rings. The van der Waals surface area contributed by atoms with Crippen LogP contribution in [0, 0.1) is 24.6 Å². The van der Waals surface area contributed by atoms with Crippen molar-refractivity contribution in [2.75, 3.05) is 19.6 Å². The van der Waals surface area contributed by atoms with Crippen LogP contribution in [0.1, 0.15) is 62.5 Å². The summed E-state index contributed by atoms with van der Waals surface area (Å²) in [5, 5.41) is 13.0. The van der Waals surface area contributed by atoms with E-state index in [1.807, 2.05) is 42.2 Å². The number of nitrogens with zero attached hydrogens (tertiary/aromatic N) is 1. The Hall–Kier alpha value is -2.77. The molecule has 5 atom stereocenters. The highest BCUT2D eigenvalue weighted by atomic mass is 19.1. The lowest BCUT2D eigenvalue weighted by molar-refractivity contribution is -0.137. The van der Waals surface area contributed by atoms with Crippen molar-refractivity contribution >= 4 is 11.8 Å². The molecule has 2 aromatic carbocycles. The molecule has 1 heterocycles. The lowest BCUT2D eigenvalue weighted by atomic mass is 9.75. The quantitative estimate of drug-likeness (QED) is 0.466. The van der Waals surface area contributed by atoms with Crippen molar-refractivity contribution in [2.24, 2.45) is 17.6 Å². The third-order valence-corrected chi connectivity index (χ3v) is 8.08. The fourth-order valence-electron chi connectivity index (χ4n) is 6.23. The SMILES string of the molecule is CC(=O)NCCCC(c1cccc(F)c1-c1cccc(C)c1)C1CCCN(C(=O)[C@H]2C[C@@H](N)[C@@H](O)C2)C1. The Labute approximate surface area is 219 Å². The minimum absolute atomic E-state index is 0.0343. The number of nitrogens with two attached hydrogens (primary N) is 1. The lowest BCUT2D eigenvalue weighted by Gasteiger charge is -2.39. The zero-order valence-electron chi connectivity index (χ0n) is 22.0. The summed E-state index contributed by atoms with van der Waals surface area (Å²) < 4.78 is 15.4. The second-order valence-corrected chi connectivity index (χ2v) is 10.9. The summed E-state index contributed by atoms with van der Waals surface area (Å²) >= 11 is 0. The summed E-state index contributed by atoms with van der Waals surface area (Å²) in [4.78, 5) is 26.7. The maximum Gasteiger partial charge on any atom is 0.225 e. The van der Waals surface area contributed by atoms with Crippen LogP contribution in [0.2, 0.25) is 0 Å². The average Bonchev–Trinajstić information content (AvgIpc) is 3.21. The highest BCUT2D eigenvalue weighted by Gasteiger charge is 2.39. The molecule has 0 bridgehead atoms. The van der Waals surface area contributed by atoms with Gasteiger partial charge in [0.2, 0.25) is 11.8 Å². The van der Waals surface area contributed by atoms with Crippen LogP contribution in [0.15, 0.2) is 42.5 Å². The molecule has 2 unspecified atom stereocenters. The number of aliphatic hydroxyl groups is 1. The molecule has 1 saturated heterocycles. The molecule has 0 radical (unpaired) electrons. The van der Waals surface area contributed by atoms with Crippen molar-refractivity contribution in [1.82, 2.24) is 10.2 Å². The number of nitrogens with one attached hydrogen (secondary N) is 1. The van der Waals surface area contributed by atoms with E-state index in [0.29, 0.717) is 38.0 Å². The first kappa shape index (κ1) is 27.3.